The first-order chi connectivity index (χ1) is 10.6. The molecule has 1 aromatic carbocycles. The summed E-state index contributed by atoms with van der Waals surface area (Å²) in [7, 11) is 0. The Labute approximate surface area is 137 Å². The van der Waals surface area contributed by atoms with Gasteiger partial charge in [0.1, 0.15) is 17.2 Å². The number of fused-ring (bicyclic) bond motifs is 1. The van der Waals surface area contributed by atoms with E-state index in [0.29, 0.717) is 4.47 Å². The fourth-order valence-corrected chi connectivity index (χ4v) is 2.97. The minimum Gasteiger partial charge on any atom is -0.384 e. The van der Waals surface area contributed by atoms with E-state index in [-0.39, 0.29) is 17.1 Å². The maximum absolute atomic E-state index is 14.3. The summed E-state index contributed by atoms with van der Waals surface area (Å²) in [6.45, 7) is 1.55. The van der Waals surface area contributed by atoms with Crippen LogP contribution in [0.3, 0.4) is 0 Å². The number of halogens is 5. The largest absolute Gasteiger partial charge is 0.435 e. The molecule has 0 bridgehead atoms. The van der Waals surface area contributed by atoms with E-state index in [1.54, 1.807) is 6.92 Å². The summed E-state index contributed by atoms with van der Waals surface area (Å²) in [5.41, 5.74) is 3.66. The maximum atomic E-state index is 14.3. The number of benzene rings is 1. The smallest absolute Gasteiger partial charge is 0.384 e. The number of nitrogens with two attached hydrogens (primary N) is 1. The van der Waals surface area contributed by atoms with Crippen molar-refractivity contribution < 1.29 is 17.6 Å². The van der Waals surface area contributed by atoms with Gasteiger partial charge < -0.3 is 11.1 Å². The van der Waals surface area contributed by atoms with Crippen molar-refractivity contribution in [3.05, 3.63) is 57.3 Å². The van der Waals surface area contributed by atoms with Crippen LogP contribution in [0, 0.1) is 5.82 Å². The lowest BCUT2D eigenvalue weighted by Gasteiger charge is -2.35. The van der Waals surface area contributed by atoms with Crippen LogP contribution in [0.25, 0.3) is 6.20 Å². The third-order valence-corrected chi connectivity index (χ3v) is 4.15. The molecule has 122 valence electrons. The van der Waals surface area contributed by atoms with Gasteiger partial charge in [0.15, 0.2) is 5.69 Å². The molecule has 3 N–H and O–H groups in total. The molecule has 1 unspecified atom stereocenters. The topological polar surface area (TPSA) is 55.9 Å². The number of rotatable bonds is 1. The minimum atomic E-state index is -4.61. The molecular weight excluding hydrogens is 380 g/mol. The van der Waals surface area contributed by atoms with Gasteiger partial charge in [-0.3, -0.25) is 0 Å². The summed E-state index contributed by atoms with van der Waals surface area (Å²) in [6.07, 6.45) is -3.38. The first-order valence-corrected chi connectivity index (χ1v) is 7.29. The van der Waals surface area contributed by atoms with Crippen LogP contribution in [-0.4, -0.2) is 9.78 Å². The summed E-state index contributed by atoms with van der Waals surface area (Å²) in [4.78, 5) is 0. The van der Waals surface area contributed by atoms with Gasteiger partial charge in [-0.1, -0.05) is 15.9 Å². The fourth-order valence-electron chi connectivity index (χ4n) is 2.61. The standard InChI is InChI=1S/C14H11BrF4N4/c1-13(8-4-7(15)2-3-9(8)16)11-5-10(14(17,18)19)22-23(11)6-12(20)21-13/h2-6,21H,20H2,1H3. The van der Waals surface area contributed by atoms with Crippen molar-refractivity contribution in [1.82, 2.24) is 15.1 Å². The summed E-state index contributed by atoms with van der Waals surface area (Å²) in [6, 6.07) is 5.11. The van der Waals surface area contributed by atoms with Gasteiger partial charge in [-0.05, 0) is 31.2 Å². The highest BCUT2D eigenvalue weighted by molar-refractivity contribution is 9.10. The average Bonchev–Trinajstić information content (AvgIpc) is 2.86. The van der Waals surface area contributed by atoms with Crippen molar-refractivity contribution in [2.75, 3.05) is 0 Å². The van der Waals surface area contributed by atoms with Crippen LogP contribution in [0.4, 0.5) is 17.6 Å². The van der Waals surface area contributed by atoms with Crippen molar-refractivity contribution >= 4 is 22.1 Å². The lowest BCUT2D eigenvalue weighted by molar-refractivity contribution is -0.141. The van der Waals surface area contributed by atoms with Gasteiger partial charge >= 0.3 is 6.18 Å². The summed E-state index contributed by atoms with van der Waals surface area (Å²) in [5.74, 6) is -0.490. The summed E-state index contributed by atoms with van der Waals surface area (Å²) < 4.78 is 54.7. The number of nitrogens with zero attached hydrogens (tertiary/aromatic N) is 2. The molecule has 0 fully saturated rings. The first kappa shape index (κ1) is 15.9. The van der Waals surface area contributed by atoms with Crippen LogP contribution in [0.5, 0.6) is 0 Å². The molecule has 23 heavy (non-hydrogen) atoms. The number of alkyl halides is 3. The number of hydrogen-bond acceptors (Lipinski definition) is 3. The van der Waals surface area contributed by atoms with Crippen molar-refractivity contribution in [2.24, 2.45) is 5.73 Å². The lowest BCUT2D eigenvalue weighted by Crippen LogP contribution is -2.46. The second-order valence-corrected chi connectivity index (χ2v) is 6.23. The molecule has 1 aliphatic rings. The molecule has 2 heterocycles. The Bertz CT molecular complexity index is 812. The second kappa shape index (κ2) is 4.98. The molecule has 4 nitrogen and oxygen atoms in total. The number of aromatic nitrogens is 2. The zero-order chi connectivity index (χ0) is 17.0. The van der Waals surface area contributed by atoms with Gasteiger partial charge in [0.25, 0.3) is 0 Å². The third-order valence-electron chi connectivity index (χ3n) is 3.66. The Morgan fingerprint density at radius 1 is 1.30 bits per heavy atom. The molecule has 1 atom stereocenters. The predicted octanol–water partition coefficient (Wildman–Crippen LogP) is 3.38. The van der Waals surface area contributed by atoms with E-state index in [1.807, 2.05) is 0 Å². The van der Waals surface area contributed by atoms with E-state index < -0.39 is 23.2 Å². The van der Waals surface area contributed by atoms with Gasteiger partial charge in [-0.15, -0.1) is 0 Å². The molecule has 0 saturated carbocycles. The fraction of sp³-hybridized carbons (Fsp3) is 0.214. The molecule has 1 aromatic heterocycles. The second-order valence-electron chi connectivity index (χ2n) is 5.32. The predicted molar refractivity (Wildman–Crippen MR) is 79.4 cm³/mol. The van der Waals surface area contributed by atoms with Gasteiger partial charge in [-0.2, -0.15) is 18.3 Å². The molecule has 0 saturated heterocycles. The van der Waals surface area contributed by atoms with Crippen LogP contribution in [0.15, 0.2) is 34.6 Å². The maximum Gasteiger partial charge on any atom is 0.435 e. The molecule has 2 aromatic rings. The molecule has 9 heteroatoms. The van der Waals surface area contributed by atoms with Gasteiger partial charge in [-0.25, -0.2) is 9.07 Å². The third kappa shape index (κ3) is 2.58. The molecule has 3 rings (SSSR count). The number of nitrogens with one attached hydrogen (secondary N) is 1. The van der Waals surface area contributed by atoms with E-state index in [1.165, 1.54) is 24.4 Å². The molecular formula is C14H11BrF4N4. The molecule has 0 aliphatic carbocycles. The molecule has 0 spiro atoms. The average molecular weight is 391 g/mol. The molecule has 0 amide bonds. The van der Waals surface area contributed by atoms with Crippen LogP contribution < -0.4 is 11.1 Å². The van der Waals surface area contributed by atoms with Crippen molar-refractivity contribution in [3.8, 4) is 0 Å². The first-order valence-electron chi connectivity index (χ1n) is 6.49. The monoisotopic (exact) mass is 390 g/mol. The number of hydrogen-bond donors (Lipinski definition) is 2. The summed E-state index contributed by atoms with van der Waals surface area (Å²) >= 11 is 3.24. The van der Waals surface area contributed by atoms with E-state index >= 15 is 0 Å². The van der Waals surface area contributed by atoms with E-state index in [9.17, 15) is 17.6 Å². The Morgan fingerprint density at radius 2 is 2.00 bits per heavy atom. The zero-order valence-corrected chi connectivity index (χ0v) is 13.3. The highest BCUT2D eigenvalue weighted by Crippen LogP contribution is 2.38. The highest BCUT2D eigenvalue weighted by Gasteiger charge is 2.42. The lowest BCUT2D eigenvalue weighted by atomic mass is 9.87. The van der Waals surface area contributed by atoms with E-state index in [0.717, 1.165) is 10.7 Å². The van der Waals surface area contributed by atoms with E-state index in [4.69, 9.17) is 5.73 Å². The van der Waals surface area contributed by atoms with Gasteiger partial charge in [0.05, 0.1) is 11.9 Å². The van der Waals surface area contributed by atoms with E-state index in [2.05, 4.69) is 26.3 Å². The Kier molecular flexibility index (Phi) is 3.44. The van der Waals surface area contributed by atoms with Crippen LogP contribution >= 0.6 is 15.9 Å². The summed E-state index contributed by atoms with van der Waals surface area (Å²) in [5, 5.41) is 6.35. The van der Waals surface area contributed by atoms with Crippen LogP contribution in [0.2, 0.25) is 0 Å². The van der Waals surface area contributed by atoms with Crippen LogP contribution in [-0.2, 0) is 11.7 Å². The SMILES string of the molecule is CC1(c2cc(Br)ccc2F)NC(N)=Cn2nc(C(F)(F)F)cc21. The Morgan fingerprint density at radius 3 is 2.65 bits per heavy atom. The highest BCUT2D eigenvalue weighted by atomic mass is 79.9. The Balaban J connectivity index is 2.24. The normalized spacial score (nSPS) is 20.7. The quantitative estimate of drug-likeness (QED) is 0.733. The van der Waals surface area contributed by atoms with Crippen LogP contribution in [0.1, 0.15) is 23.9 Å². The van der Waals surface area contributed by atoms with Crippen molar-refractivity contribution in [2.45, 2.75) is 18.6 Å². The molecule has 1 aliphatic heterocycles. The molecule has 0 radical (unpaired) electrons. The van der Waals surface area contributed by atoms with Gasteiger partial charge in [0.2, 0.25) is 0 Å². The van der Waals surface area contributed by atoms with Crippen molar-refractivity contribution in [3.63, 3.8) is 0 Å². The zero-order valence-electron chi connectivity index (χ0n) is 11.7. The Hall–Kier alpha value is -2.03. The minimum absolute atomic E-state index is 0.0798. The van der Waals surface area contributed by atoms with Gasteiger partial charge in [0, 0.05) is 10.0 Å². The van der Waals surface area contributed by atoms with Crippen molar-refractivity contribution in [1.29, 1.82) is 0 Å².